The first kappa shape index (κ1) is 13.9. The van der Waals surface area contributed by atoms with Gasteiger partial charge in [-0.2, -0.15) is 0 Å². The lowest BCUT2D eigenvalue weighted by Crippen LogP contribution is -2.52. The highest BCUT2D eigenvalue weighted by atomic mass is 19.1. The van der Waals surface area contributed by atoms with Crippen LogP contribution in [0.3, 0.4) is 0 Å². The Balaban J connectivity index is 2.01. The molecule has 1 aromatic carbocycles. The fourth-order valence-corrected chi connectivity index (χ4v) is 2.61. The second-order valence-electron chi connectivity index (χ2n) is 5.15. The molecule has 0 aliphatic heterocycles. The Kier molecular flexibility index (Phi) is 4.14. The minimum Gasteiger partial charge on any atom is -0.349 e. The largest absolute Gasteiger partial charge is 0.349 e. The Hall–Kier alpha value is -1.49. The van der Waals surface area contributed by atoms with Gasteiger partial charge in [-0.25, -0.2) is 8.78 Å². The zero-order chi connectivity index (χ0) is 13.9. The minimum atomic E-state index is -0.691. The average Bonchev–Trinajstić information content (AvgIpc) is 2.82. The maximum Gasteiger partial charge on any atom is 0.225 e. The van der Waals surface area contributed by atoms with Gasteiger partial charge in [0.05, 0.1) is 12.0 Å². The van der Waals surface area contributed by atoms with E-state index in [-0.39, 0.29) is 23.4 Å². The summed E-state index contributed by atoms with van der Waals surface area (Å²) < 4.78 is 26.2. The number of carbonyl (C=O) groups is 1. The molecular weight excluding hydrogens is 250 g/mol. The van der Waals surface area contributed by atoms with Crippen molar-refractivity contribution in [1.29, 1.82) is 0 Å². The highest BCUT2D eigenvalue weighted by Crippen LogP contribution is 2.28. The molecule has 0 unspecified atom stereocenters. The van der Waals surface area contributed by atoms with Crippen LogP contribution in [0, 0.1) is 11.6 Å². The lowest BCUT2D eigenvalue weighted by Gasteiger charge is -2.28. The van der Waals surface area contributed by atoms with Gasteiger partial charge >= 0.3 is 0 Å². The molecule has 1 fully saturated rings. The van der Waals surface area contributed by atoms with Crippen LogP contribution < -0.4 is 11.1 Å². The monoisotopic (exact) mass is 268 g/mol. The zero-order valence-electron chi connectivity index (χ0n) is 10.7. The van der Waals surface area contributed by atoms with Gasteiger partial charge in [-0.05, 0) is 24.5 Å². The van der Waals surface area contributed by atoms with Crippen molar-refractivity contribution in [2.45, 2.75) is 37.6 Å². The van der Waals surface area contributed by atoms with Gasteiger partial charge in [0.1, 0.15) is 11.6 Å². The lowest BCUT2D eigenvalue weighted by molar-refractivity contribution is -0.122. The molecule has 1 aliphatic rings. The van der Waals surface area contributed by atoms with E-state index < -0.39 is 11.6 Å². The number of benzene rings is 1. The molecule has 0 atom stereocenters. The smallest absolute Gasteiger partial charge is 0.225 e. The molecule has 19 heavy (non-hydrogen) atoms. The molecule has 0 spiro atoms. The molecule has 0 bridgehead atoms. The van der Waals surface area contributed by atoms with E-state index in [1.807, 2.05) is 0 Å². The zero-order valence-corrected chi connectivity index (χ0v) is 10.7. The molecule has 1 aliphatic carbocycles. The van der Waals surface area contributed by atoms with Crippen LogP contribution in [0.25, 0.3) is 0 Å². The molecule has 5 heteroatoms. The second-order valence-corrected chi connectivity index (χ2v) is 5.15. The Bertz CT molecular complexity index is 471. The van der Waals surface area contributed by atoms with E-state index >= 15 is 0 Å². The van der Waals surface area contributed by atoms with Crippen molar-refractivity contribution in [3.63, 3.8) is 0 Å². The first-order valence-corrected chi connectivity index (χ1v) is 6.50. The summed E-state index contributed by atoms with van der Waals surface area (Å²) >= 11 is 0. The Morgan fingerprint density at radius 3 is 2.58 bits per heavy atom. The first-order valence-electron chi connectivity index (χ1n) is 6.50. The fraction of sp³-hybridized carbons (Fsp3) is 0.500. The molecule has 0 radical (unpaired) electrons. The Labute approximate surface area is 111 Å². The van der Waals surface area contributed by atoms with Crippen molar-refractivity contribution < 1.29 is 13.6 Å². The van der Waals surface area contributed by atoms with Gasteiger partial charge in [0.2, 0.25) is 5.91 Å². The second kappa shape index (κ2) is 5.65. The maximum absolute atomic E-state index is 13.5. The van der Waals surface area contributed by atoms with Crippen LogP contribution >= 0.6 is 0 Å². The van der Waals surface area contributed by atoms with Crippen LogP contribution in [0.5, 0.6) is 0 Å². The summed E-state index contributed by atoms with van der Waals surface area (Å²) in [4.78, 5) is 11.9. The third-order valence-electron chi connectivity index (χ3n) is 3.72. The van der Waals surface area contributed by atoms with Crippen molar-refractivity contribution in [3.05, 3.63) is 35.4 Å². The summed E-state index contributed by atoms with van der Waals surface area (Å²) in [5.41, 5.74) is 5.58. The van der Waals surface area contributed by atoms with Gasteiger partial charge in [-0.3, -0.25) is 4.79 Å². The number of amides is 1. The summed E-state index contributed by atoms with van der Waals surface area (Å²) in [6.45, 7) is 0.393. The molecule has 0 heterocycles. The molecule has 2 rings (SSSR count). The molecule has 3 nitrogen and oxygen atoms in total. The molecule has 1 aromatic rings. The third-order valence-corrected chi connectivity index (χ3v) is 3.72. The number of halogens is 2. The number of nitrogens with two attached hydrogens (primary N) is 1. The van der Waals surface area contributed by atoms with Gasteiger partial charge in [0, 0.05) is 12.6 Å². The van der Waals surface area contributed by atoms with Crippen molar-refractivity contribution in [3.8, 4) is 0 Å². The third kappa shape index (κ3) is 3.29. The van der Waals surface area contributed by atoms with Crippen LogP contribution in [0.4, 0.5) is 8.78 Å². The number of rotatable bonds is 4. The van der Waals surface area contributed by atoms with Gasteiger partial charge in [-0.15, -0.1) is 0 Å². The summed E-state index contributed by atoms with van der Waals surface area (Å²) in [5, 5.41) is 2.91. The maximum atomic E-state index is 13.5. The van der Waals surface area contributed by atoms with Crippen molar-refractivity contribution in [2.24, 2.45) is 5.73 Å². The van der Waals surface area contributed by atoms with Gasteiger partial charge in [0.15, 0.2) is 0 Å². The first-order chi connectivity index (χ1) is 9.04. The number of hydrogen-bond acceptors (Lipinski definition) is 2. The van der Waals surface area contributed by atoms with E-state index in [4.69, 9.17) is 5.73 Å². The van der Waals surface area contributed by atoms with Crippen molar-refractivity contribution in [2.75, 3.05) is 6.54 Å². The van der Waals surface area contributed by atoms with E-state index in [1.54, 1.807) is 0 Å². The molecular formula is C14H18F2N2O. The van der Waals surface area contributed by atoms with Crippen LogP contribution in [0.2, 0.25) is 0 Å². The van der Waals surface area contributed by atoms with Crippen molar-refractivity contribution in [1.82, 2.24) is 5.32 Å². The minimum absolute atomic E-state index is 0.0894. The Morgan fingerprint density at radius 2 is 2.00 bits per heavy atom. The number of carbonyl (C=O) groups excluding carboxylic acids is 1. The molecule has 1 saturated carbocycles. The summed E-state index contributed by atoms with van der Waals surface area (Å²) in [5.74, 6) is -1.60. The van der Waals surface area contributed by atoms with Gasteiger partial charge in [-0.1, -0.05) is 18.9 Å². The molecule has 1 amide bonds. The standard InChI is InChI=1S/C14H18F2N2O/c15-11-4-3-10(12(16)8-11)7-13(19)18-14(9-17)5-1-2-6-14/h3-4,8H,1-2,5-7,9,17H2,(H,18,19). The molecule has 0 saturated heterocycles. The highest BCUT2D eigenvalue weighted by molar-refractivity contribution is 5.79. The average molecular weight is 268 g/mol. The molecule has 3 N–H and O–H groups in total. The topological polar surface area (TPSA) is 55.1 Å². The van der Waals surface area contributed by atoms with Crippen LogP contribution in [0.1, 0.15) is 31.2 Å². The Morgan fingerprint density at radius 1 is 1.32 bits per heavy atom. The highest BCUT2D eigenvalue weighted by Gasteiger charge is 2.33. The number of hydrogen-bond donors (Lipinski definition) is 2. The predicted molar refractivity (Wildman–Crippen MR) is 68.5 cm³/mol. The molecule has 0 aromatic heterocycles. The lowest BCUT2D eigenvalue weighted by atomic mass is 9.97. The van der Waals surface area contributed by atoms with Crippen LogP contribution in [-0.2, 0) is 11.2 Å². The van der Waals surface area contributed by atoms with E-state index in [2.05, 4.69) is 5.32 Å². The quantitative estimate of drug-likeness (QED) is 0.876. The van der Waals surface area contributed by atoms with E-state index in [0.29, 0.717) is 6.54 Å². The van der Waals surface area contributed by atoms with Gasteiger partial charge < -0.3 is 11.1 Å². The molecule has 104 valence electrons. The number of nitrogens with one attached hydrogen (secondary N) is 1. The summed E-state index contributed by atoms with van der Waals surface area (Å²) in [6.07, 6.45) is 3.72. The van der Waals surface area contributed by atoms with E-state index in [0.717, 1.165) is 37.8 Å². The van der Waals surface area contributed by atoms with Crippen LogP contribution in [-0.4, -0.2) is 18.0 Å². The van der Waals surface area contributed by atoms with Crippen molar-refractivity contribution >= 4 is 5.91 Å². The SMILES string of the molecule is NCC1(NC(=O)Cc2ccc(F)cc2F)CCCC1. The predicted octanol–water partition coefficient (Wildman–Crippen LogP) is 1.90. The van der Waals surface area contributed by atoms with E-state index in [1.165, 1.54) is 6.07 Å². The van der Waals surface area contributed by atoms with Gasteiger partial charge in [0.25, 0.3) is 0 Å². The summed E-state index contributed by atoms with van der Waals surface area (Å²) in [7, 11) is 0. The van der Waals surface area contributed by atoms with Crippen LogP contribution in [0.15, 0.2) is 18.2 Å². The fourth-order valence-electron chi connectivity index (χ4n) is 2.61. The summed E-state index contributed by atoms with van der Waals surface area (Å²) in [6, 6.07) is 3.24. The normalized spacial score (nSPS) is 17.4. The van der Waals surface area contributed by atoms with E-state index in [9.17, 15) is 13.6 Å².